The van der Waals surface area contributed by atoms with Crippen LogP contribution in [0.1, 0.15) is 104 Å². The Morgan fingerprint density at radius 2 is 1.16 bits per heavy atom. The van der Waals surface area contributed by atoms with E-state index in [4.69, 9.17) is 29.3 Å². The molecule has 5 heterocycles. The molecule has 8 nitrogen and oxygen atoms in total. The molecule has 6 aromatic carbocycles. The molecule has 11 rings (SSSR count). The summed E-state index contributed by atoms with van der Waals surface area (Å²) in [5.41, 5.74) is 14.4. The molecule has 5 aromatic heterocycles. The Balaban J connectivity index is 0.000000441. The molecule has 9 heteroatoms. The first-order valence-electron chi connectivity index (χ1n) is 24.8. The second-order valence-corrected chi connectivity index (χ2v) is 21.1. The Morgan fingerprint density at radius 3 is 1.79 bits per heavy atom. The van der Waals surface area contributed by atoms with Crippen LogP contribution < -0.4 is 0 Å². The molecule has 11 aromatic rings. The van der Waals surface area contributed by atoms with Gasteiger partial charge in [0.25, 0.3) is 0 Å². The minimum Gasteiger partial charge on any atom is -0.486 e. The van der Waals surface area contributed by atoms with Crippen molar-refractivity contribution in [1.82, 2.24) is 34.5 Å². The van der Waals surface area contributed by atoms with Crippen molar-refractivity contribution in [3.8, 4) is 62.1 Å². The predicted octanol–water partition coefficient (Wildman–Crippen LogP) is 16.4. The van der Waals surface area contributed by atoms with E-state index in [0.29, 0.717) is 17.1 Å². The van der Waals surface area contributed by atoms with Gasteiger partial charge in [-0.05, 0) is 82.2 Å². The van der Waals surface area contributed by atoms with Crippen LogP contribution in [0.5, 0.6) is 0 Å². The van der Waals surface area contributed by atoms with Gasteiger partial charge in [0, 0.05) is 59.3 Å². The van der Waals surface area contributed by atoms with Gasteiger partial charge in [-0.15, -0.1) is 54.1 Å². The van der Waals surface area contributed by atoms with Gasteiger partial charge in [-0.2, -0.15) is 0 Å². The minimum atomic E-state index is -0.212. The van der Waals surface area contributed by atoms with Gasteiger partial charge in [0.05, 0.1) is 28.1 Å². The summed E-state index contributed by atoms with van der Waals surface area (Å²) < 4.78 is 9.12. The standard InChI is InChI=1S/C53H51N6O.C11H8N.Ir/c1-31(2)40-29-36(33-17-12-11-13-18-33)30-41(32(3)4)45(40)59-44-22-15-14-21-43(44)54-48(59)39-20-16-19-37-38-27-28-42(55-49(38)60-46(37)39)34-23-25-35(26-24-34)47-56-50(52(5,6)7)58-51(57-47)53(8,9)10;1-2-6-10(7-3-1)11-8-4-5-9-12-11;/h11-19,21-32H,1-10H3;1-6,8-9H;/q2*-1;. The second kappa shape index (κ2) is 20.6. The summed E-state index contributed by atoms with van der Waals surface area (Å²) in [7, 11) is 0. The van der Waals surface area contributed by atoms with Crippen LogP contribution in [0.3, 0.4) is 0 Å². The molecule has 367 valence electrons. The number of aromatic nitrogens is 7. The Hall–Kier alpha value is -7.45. The van der Waals surface area contributed by atoms with Crippen molar-refractivity contribution in [1.29, 1.82) is 0 Å². The maximum atomic E-state index is 6.78. The van der Waals surface area contributed by atoms with Crippen LogP contribution in [0.25, 0.3) is 95.2 Å². The fourth-order valence-corrected chi connectivity index (χ4v) is 9.03. The van der Waals surface area contributed by atoms with Crippen LogP contribution in [0.2, 0.25) is 0 Å². The number of pyridine rings is 2. The average molecular weight is 1130 g/mol. The van der Waals surface area contributed by atoms with Crippen LogP contribution >= 0.6 is 0 Å². The third-order valence-corrected chi connectivity index (χ3v) is 12.9. The third kappa shape index (κ3) is 10.3. The molecule has 0 N–H and O–H groups in total. The van der Waals surface area contributed by atoms with Crippen molar-refractivity contribution >= 4 is 33.1 Å². The maximum Gasteiger partial charge on any atom is 0.216 e. The number of fused-ring (bicyclic) bond motifs is 4. The monoisotopic (exact) mass is 1130 g/mol. The van der Waals surface area contributed by atoms with Crippen molar-refractivity contribution < 1.29 is 24.5 Å². The van der Waals surface area contributed by atoms with E-state index in [1.54, 1.807) is 6.20 Å². The SMILES string of the molecule is CC(C)c1cc(-c2ccccc2)cc(C(C)C)c1-n1c(-c2[c-]ccc3c2oc2nc(-c4ccc(-c5nc(C(C)(C)C)nc(C(C)(C)C)n5)cc4)ccc23)nc2ccccc21.[Ir].[c-]1ccccc1-c1ccccn1. The Labute approximate surface area is 442 Å². The predicted molar refractivity (Wildman–Crippen MR) is 294 cm³/mol. The molecule has 0 aliphatic carbocycles. The molecule has 0 fully saturated rings. The summed E-state index contributed by atoms with van der Waals surface area (Å²) in [6, 6.07) is 60.7. The molecular weight excluding hydrogens is 1070 g/mol. The number of imidazole rings is 1. The first kappa shape index (κ1) is 50.5. The van der Waals surface area contributed by atoms with E-state index in [1.165, 1.54) is 22.3 Å². The number of benzene rings is 6. The quantitative estimate of drug-likeness (QED) is 0.140. The van der Waals surface area contributed by atoms with Crippen LogP contribution in [0, 0.1) is 12.1 Å². The number of furan rings is 1. The largest absolute Gasteiger partial charge is 0.486 e. The van der Waals surface area contributed by atoms with E-state index < -0.39 is 0 Å². The fraction of sp³-hybridized carbons (Fsp3) is 0.219. The molecule has 0 saturated heterocycles. The smallest absolute Gasteiger partial charge is 0.216 e. The number of rotatable bonds is 8. The van der Waals surface area contributed by atoms with E-state index in [1.807, 2.05) is 48.5 Å². The van der Waals surface area contributed by atoms with E-state index in [-0.39, 0.29) is 42.8 Å². The van der Waals surface area contributed by atoms with Gasteiger partial charge < -0.3 is 14.0 Å². The average Bonchev–Trinajstić information content (AvgIpc) is 3.97. The molecule has 0 unspecified atom stereocenters. The molecule has 0 bridgehead atoms. The van der Waals surface area contributed by atoms with E-state index in [0.717, 1.165) is 78.6 Å². The van der Waals surface area contributed by atoms with Gasteiger partial charge >= 0.3 is 0 Å². The third-order valence-electron chi connectivity index (χ3n) is 12.9. The van der Waals surface area contributed by atoms with Crippen LogP contribution in [-0.4, -0.2) is 34.5 Å². The Kier molecular flexibility index (Phi) is 14.2. The molecule has 0 atom stereocenters. The van der Waals surface area contributed by atoms with E-state index >= 15 is 0 Å². The van der Waals surface area contributed by atoms with Crippen molar-refractivity contribution in [3.05, 3.63) is 199 Å². The minimum absolute atomic E-state index is 0. The summed E-state index contributed by atoms with van der Waals surface area (Å²) in [4.78, 5) is 29.3. The zero-order valence-corrected chi connectivity index (χ0v) is 45.5. The molecule has 0 saturated carbocycles. The summed E-state index contributed by atoms with van der Waals surface area (Å²) in [6.07, 6.45) is 1.79. The number of hydrogen-bond acceptors (Lipinski definition) is 7. The summed E-state index contributed by atoms with van der Waals surface area (Å²) in [5.74, 6) is 3.53. The number of nitrogens with zero attached hydrogens (tertiary/aromatic N) is 7. The number of para-hydroxylation sites is 2. The van der Waals surface area contributed by atoms with Gasteiger partial charge in [-0.3, -0.25) is 4.98 Å². The number of hydrogen-bond donors (Lipinski definition) is 0. The van der Waals surface area contributed by atoms with Gasteiger partial charge in [0.2, 0.25) is 5.71 Å². The van der Waals surface area contributed by atoms with Crippen molar-refractivity contribution in [2.45, 2.75) is 91.9 Å². The first-order valence-corrected chi connectivity index (χ1v) is 24.8. The summed E-state index contributed by atoms with van der Waals surface area (Å²) >= 11 is 0. The summed E-state index contributed by atoms with van der Waals surface area (Å²) in [6.45, 7) is 21.9. The molecular formula is C64H59IrN7O-2. The van der Waals surface area contributed by atoms with Gasteiger partial charge in [0.15, 0.2) is 5.82 Å². The molecule has 0 aliphatic heterocycles. The second-order valence-electron chi connectivity index (χ2n) is 21.1. The molecule has 73 heavy (non-hydrogen) atoms. The van der Waals surface area contributed by atoms with Crippen molar-refractivity contribution in [2.24, 2.45) is 0 Å². The van der Waals surface area contributed by atoms with Gasteiger partial charge in [-0.25, -0.2) is 19.9 Å². The molecule has 0 spiro atoms. The van der Waals surface area contributed by atoms with Crippen LogP contribution in [-0.2, 0) is 30.9 Å². The first-order chi connectivity index (χ1) is 34.6. The van der Waals surface area contributed by atoms with Gasteiger partial charge in [-0.1, -0.05) is 159 Å². The Morgan fingerprint density at radius 1 is 0.521 bits per heavy atom. The topological polar surface area (TPSA) is 95.4 Å². The van der Waals surface area contributed by atoms with Gasteiger partial charge in [0.1, 0.15) is 11.6 Å². The normalized spacial score (nSPS) is 11.8. The van der Waals surface area contributed by atoms with E-state index in [9.17, 15) is 0 Å². The molecule has 0 aliphatic rings. The molecule has 0 amide bonds. The fourth-order valence-electron chi connectivity index (χ4n) is 9.03. The van der Waals surface area contributed by atoms with Crippen molar-refractivity contribution in [3.63, 3.8) is 0 Å². The van der Waals surface area contributed by atoms with E-state index in [2.05, 4.69) is 200 Å². The molecule has 1 radical (unpaired) electrons. The Bertz CT molecular complexity index is 3600. The zero-order chi connectivity index (χ0) is 50.3. The zero-order valence-electron chi connectivity index (χ0n) is 43.1. The maximum absolute atomic E-state index is 6.78. The van der Waals surface area contributed by atoms with Crippen molar-refractivity contribution in [2.75, 3.05) is 0 Å². The van der Waals surface area contributed by atoms with Crippen LogP contribution in [0.15, 0.2) is 168 Å². The van der Waals surface area contributed by atoms with Crippen LogP contribution in [0.4, 0.5) is 0 Å². The summed E-state index contributed by atoms with van der Waals surface area (Å²) in [5, 5.41) is 1.91.